The first-order valence-electron chi connectivity index (χ1n) is 10.9. The number of carbonyl (C=O) groups excluding carboxylic acids is 2. The molecule has 0 aromatic heterocycles. The number of nitrogens with zero attached hydrogens (tertiary/aromatic N) is 1. The number of ether oxygens (including phenoxy) is 2. The van der Waals surface area contributed by atoms with Gasteiger partial charge in [0, 0.05) is 41.3 Å². The number of hydrogen-bond acceptors (Lipinski definition) is 4. The number of amides is 1. The average molecular weight is 473 g/mol. The van der Waals surface area contributed by atoms with E-state index in [0.29, 0.717) is 46.9 Å². The van der Waals surface area contributed by atoms with E-state index in [2.05, 4.69) is 0 Å². The van der Waals surface area contributed by atoms with Gasteiger partial charge in [-0.05, 0) is 54.3 Å². The second-order valence-corrected chi connectivity index (χ2v) is 9.44. The molecule has 4 rings (SSSR count). The van der Waals surface area contributed by atoms with E-state index < -0.39 is 23.1 Å². The van der Waals surface area contributed by atoms with Gasteiger partial charge in [-0.25, -0.2) is 0 Å². The van der Waals surface area contributed by atoms with Gasteiger partial charge >= 0.3 is 6.18 Å². The fraction of sp³-hybridized carbons (Fsp3) is 0.385. The number of hydrogen-bond donors (Lipinski definition) is 0. The summed E-state index contributed by atoms with van der Waals surface area (Å²) in [4.78, 5) is 28.3. The molecule has 0 spiro atoms. The highest BCUT2D eigenvalue weighted by Gasteiger charge is 2.45. The average Bonchev–Trinajstić information content (AvgIpc) is 2.76. The summed E-state index contributed by atoms with van der Waals surface area (Å²) in [5, 5.41) is 0. The van der Waals surface area contributed by atoms with Crippen LogP contribution in [-0.4, -0.2) is 25.9 Å². The Hall–Kier alpha value is -3.29. The molecule has 0 bridgehead atoms. The number of rotatable bonds is 4. The fourth-order valence-electron chi connectivity index (χ4n) is 4.89. The minimum Gasteiger partial charge on any atom is -0.497 e. The van der Waals surface area contributed by atoms with Gasteiger partial charge in [0.15, 0.2) is 5.78 Å². The Morgan fingerprint density at radius 2 is 1.65 bits per heavy atom. The van der Waals surface area contributed by atoms with E-state index >= 15 is 0 Å². The minimum absolute atomic E-state index is 0.0183. The second kappa shape index (κ2) is 8.49. The van der Waals surface area contributed by atoms with Crippen LogP contribution in [0.2, 0.25) is 0 Å². The highest BCUT2D eigenvalue weighted by molar-refractivity contribution is 6.08. The maximum absolute atomic E-state index is 13.5. The van der Waals surface area contributed by atoms with E-state index in [4.69, 9.17) is 9.47 Å². The molecular weight excluding hydrogens is 447 g/mol. The molecule has 1 aliphatic carbocycles. The molecule has 0 fully saturated rings. The van der Waals surface area contributed by atoms with Crippen molar-refractivity contribution in [3.05, 3.63) is 64.9 Å². The third-order valence-corrected chi connectivity index (χ3v) is 6.41. The maximum atomic E-state index is 13.5. The monoisotopic (exact) mass is 473 g/mol. The van der Waals surface area contributed by atoms with Crippen molar-refractivity contribution in [3.63, 3.8) is 0 Å². The van der Waals surface area contributed by atoms with E-state index in [-0.39, 0.29) is 18.1 Å². The lowest BCUT2D eigenvalue weighted by molar-refractivity contribution is -0.137. The Labute approximate surface area is 196 Å². The molecule has 180 valence electrons. The van der Waals surface area contributed by atoms with Gasteiger partial charge in [0.1, 0.15) is 11.5 Å². The number of allylic oxidation sites excluding steroid dienone is 2. The van der Waals surface area contributed by atoms with Crippen molar-refractivity contribution >= 4 is 17.4 Å². The molecule has 1 unspecified atom stereocenters. The van der Waals surface area contributed by atoms with Crippen LogP contribution in [0.1, 0.15) is 50.2 Å². The number of carbonyl (C=O) groups is 2. The van der Waals surface area contributed by atoms with Gasteiger partial charge in [-0.1, -0.05) is 13.8 Å². The molecule has 1 atom stereocenters. The van der Waals surface area contributed by atoms with Crippen LogP contribution in [0.25, 0.3) is 0 Å². The summed E-state index contributed by atoms with van der Waals surface area (Å²) in [6, 6.07) is 9.71. The zero-order valence-corrected chi connectivity index (χ0v) is 19.5. The molecule has 34 heavy (non-hydrogen) atoms. The summed E-state index contributed by atoms with van der Waals surface area (Å²) in [7, 11) is 3.05. The molecule has 2 aromatic rings. The standard InChI is InChI=1S/C26H26F3NO4/c1-25(2)13-20-24(21(31)14-25)19(18-11-17(33-3)9-10-22(18)34-4)12-23(32)30(20)16-7-5-15(6-8-16)26(27,28)29/h5-11,19H,12-14H2,1-4H3. The van der Waals surface area contributed by atoms with Gasteiger partial charge in [-0.2, -0.15) is 13.2 Å². The summed E-state index contributed by atoms with van der Waals surface area (Å²) in [6.07, 6.45) is -3.76. The number of halogens is 3. The third kappa shape index (κ3) is 4.29. The number of alkyl halides is 3. The van der Waals surface area contributed by atoms with Crippen LogP contribution < -0.4 is 14.4 Å². The molecule has 1 amide bonds. The number of benzene rings is 2. The van der Waals surface area contributed by atoms with Crippen LogP contribution >= 0.6 is 0 Å². The summed E-state index contributed by atoms with van der Waals surface area (Å²) in [5.74, 6) is 0.191. The van der Waals surface area contributed by atoms with Gasteiger partial charge in [-0.15, -0.1) is 0 Å². The smallest absolute Gasteiger partial charge is 0.416 e. The molecular formula is C26H26F3NO4. The molecule has 5 nitrogen and oxygen atoms in total. The van der Waals surface area contributed by atoms with Crippen LogP contribution in [0.15, 0.2) is 53.7 Å². The van der Waals surface area contributed by atoms with Crippen molar-refractivity contribution < 1.29 is 32.2 Å². The van der Waals surface area contributed by atoms with E-state index in [0.717, 1.165) is 12.1 Å². The van der Waals surface area contributed by atoms with Crippen molar-refractivity contribution in [2.45, 2.75) is 45.2 Å². The first-order valence-corrected chi connectivity index (χ1v) is 10.9. The van der Waals surface area contributed by atoms with Gasteiger partial charge in [0.2, 0.25) is 5.91 Å². The van der Waals surface area contributed by atoms with Gasteiger partial charge < -0.3 is 9.47 Å². The van der Waals surface area contributed by atoms with Crippen molar-refractivity contribution in [2.24, 2.45) is 5.41 Å². The van der Waals surface area contributed by atoms with E-state index in [1.807, 2.05) is 13.8 Å². The lowest BCUT2D eigenvalue weighted by atomic mass is 9.69. The predicted molar refractivity (Wildman–Crippen MR) is 121 cm³/mol. The SMILES string of the molecule is COc1ccc(OC)c(C2CC(=O)N(c3ccc(C(F)(F)F)cc3)C3=C2C(=O)CC(C)(C)C3)c1. The molecule has 0 saturated heterocycles. The molecule has 8 heteroatoms. The normalized spacial score (nSPS) is 20.3. The molecule has 0 radical (unpaired) electrons. The molecule has 1 aliphatic heterocycles. The van der Waals surface area contributed by atoms with Crippen LogP contribution in [0, 0.1) is 5.41 Å². The topological polar surface area (TPSA) is 55.8 Å². The van der Waals surface area contributed by atoms with Gasteiger partial charge in [0.25, 0.3) is 0 Å². The molecule has 2 aromatic carbocycles. The Morgan fingerprint density at radius 1 is 0.971 bits per heavy atom. The van der Waals surface area contributed by atoms with E-state index in [9.17, 15) is 22.8 Å². The zero-order valence-electron chi connectivity index (χ0n) is 19.5. The first-order chi connectivity index (χ1) is 15.9. The third-order valence-electron chi connectivity index (χ3n) is 6.41. The Bertz CT molecular complexity index is 1170. The zero-order chi connectivity index (χ0) is 24.8. The molecule has 2 aliphatic rings. The van der Waals surface area contributed by atoms with E-state index in [1.54, 1.807) is 18.2 Å². The summed E-state index contributed by atoms with van der Waals surface area (Å²) in [6.45, 7) is 3.89. The maximum Gasteiger partial charge on any atom is 0.416 e. The Kier molecular flexibility index (Phi) is 5.96. The summed E-state index contributed by atoms with van der Waals surface area (Å²) in [5.41, 5.74) is 0.821. The minimum atomic E-state index is -4.48. The van der Waals surface area contributed by atoms with Crippen molar-refractivity contribution in [3.8, 4) is 11.5 Å². The molecule has 0 N–H and O–H groups in total. The highest BCUT2D eigenvalue weighted by Crippen LogP contribution is 2.50. The fourth-order valence-corrected chi connectivity index (χ4v) is 4.89. The number of ketones is 1. The second-order valence-electron chi connectivity index (χ2n) is 9.44. The quantitative estimate of drug-likeness (QED) is 0.556. The van der Waals surface area contributed by atoms with E-state index in [1.165, 1.54) is 31.3 Å². The van der Waals surface area contributed by atoms with Gasteiger partial charge in [-0.3, -0.25) is 14.5 Å². The number of methoxy groups -OCH3 is 2. The largest absolute Gasteiger partial charge is 0.497 e. The number of Topliss-reactive ketones (excluding diaryl/α,β-unsaturated/α-hetero) is 1. The summed E-state index contributed by atoms with van der Waals surface area (Å²) < 4.78 is 50.1. The number of anilines is 1. The first kappa shape index (κ1) is 23.9. The van der Waals surface area contributed by atoms with Crippen molar-refractivity contribution in [1.29, 1.82) is 0 Å². The summed E-state index contributed by atoms with van der Waals surface area (Å²) >= 11 is 0. The van der Waals surface area contributed by atoms with Gasteiger partial charge in [0.05, 0.1) is 19.8 Å². The lowest BCUT2D eigenvalue weighted by Gasteiger charge is -2.43. The van der Waals surface area contributed by atoms with Crippen molar-refractivity contribution in [1.82, 2.24) is 0 Å². The lowest BCUT2D eigenvalue weighted by Crippen LogP contribution is -2.43. The van der Waals surface area contributed by atoms with Crippen molar-refractivity contribution in [2.75, 3.05) is 19.1 Å². The van der Waals surface area contributed by atoms with Crippen LogP contribution in [-0.2, 0) is 15.8 Å². The Morgan fingerprint density at radius 3 is 2.24 bits per heavy atom. The van der Waals surface area contributed by atoms with Crippen LogP contribution in [0.5, 0.6) is 11.5 Å². The Balaban J connectivity index is 1.89. The molecule has 1 heterocycles. The predicted octanol–water partition coefficient (Wildman–Crippen LogP) is 5.89. The van der Waals surface area contributed by atoms with Crippen LogP contribution in [0.4, 0.5) is 18.9 Å². The molecule has 0 saturated carbocycles. The van der Waals surface area contributed by atoms with Crippen LogP contribution in [0.3, 0.4) is 0 Å². The highest BCUT2D eigenvalue weighted by atomic mass is 19.4.